The molecule has 1 saturated heterocycles. The largest absolute Gasteiger partial charge is 0.262 e. The van der Waals surface area contributed by atoms with Gasteiger partial charge in [0.05, 0.1) is 16.4 Å². The standard InChI is InChI=1S/C10H11N3O2S2/c14-17(15)5-3-7(6-17)9-11-10(13-12-9)8-2-1-4-16-8/h1-2,4,7H,3,5-6H2,(H,11,12,13). The quantitative estimate of drug-likeness (QED) is 0.895. The van der Waals surface area contributed by atoms with Crippen LogP contribution in [0.4, 0.5) is 0 Å². The summed E-state index contributed by atoms with van der Waals surface area (Å²) in [6, 6.07) is 3.89. The van der Waals surface area contributed by atoms with Gasteiger partial charge in [-0.1, -0.05) is 6.07 Å². The van der Waals surface area contributed by atoms with Crippen LogP contribution in [0.25, 0.3) is 10.7 Å². The molecule has 1 atom stereocenters. The summed E-state index contributed by atoms with van der Waals surface area (Å²) in [6.07, 6.45) is 0.640. The zero-order valence-electron chi connectivity index (χ0n) is 8.96. The van der Waals surface area contributed by atoms with Crippen molar-refractivity contribution in [2.45, 2.75) is 12.3 Å². The molecule has 1 aliphatic heterocycles. The SMILES string of the molecule is O=S1(=O)CCC(c2nc(-c3cccs3)n[nH]2)C1. The smallest absolute Gasteiger partial charge is 0.191 e. The number of rotatable bonds is 2. The van der Waals surface area contributed by atoms with Gasteiger partial charge >= 0.3 is 0 Å². The molecule has 1 fully saturated rings. The van der Waals surface area contributed by atoms with Crippen LogP contribution in [-0.2, 0) is 9.84 Å². The van der Waals surface area contributed by atoms with Gasteiger partial charge in [-0.15, -0.1) is 11.3 Å². The number of sulfone groups is 1. The molecule has 3 rings (SSSR count). The fraction of sp³-hybridized carbons (Fsp3) is 0.400. The summed E-state index contributed by atoms with van der Waals surface area (Å²) in [5.74, 6) is 1.76. The van der Waals surface area contributed by atoms with Crippen LogP contribution in [0.2, 0.25) is 0 Å². The van der Waals surface area contributed by atoms with Crippen molar-refractivity contribution in [2.75, 3.05) is 11.5 Å². The number of aromatic amines is 1. The summed E-state index contributed by atoms with van der Waals surface area (Å²) in [7, 11) is -2.87. The summed E-state index contributed by atoms with van der Waals surface area (Å²) in [5.41, 5.74) is 0. The van der Waals surface area contributed by atoms with Crippen molar-refractivity contribution >= 4 is 21.2 Å². The maximum atomic E-state index is 11.4. The highest BCUT2D eigenvalue weighted by Crippen LogP contribution is 2.28. The zero-order valence-corrected chi connectivity index (χ0v) is 10.6. The molecule has 0 aromatic carbocycles. The first-order chi connectivity index (χ1) is 8.14. The summed E-state index contributed by atoms with van der Waals surface area (Å²) in [4.78, 5) is 5.37. The molecule has 17 heavy (non-hydrogen) atoms. The fourth-order valence-electron chi connectivity index (χ4n) is 1.98. The molecular formula is C10H11N3O2S2. The van der Waals surface area contributed by atoms with Gasteiger partial charge in [0.25, 0.3) is 0 Å². The maximum absolute atomic E-state index is 11.4. The van der Waals surface area contributed by atoms with E-state index < -0.39 is 9.84 Å². The van der Waals surface area contributed by atoms with Crippen LogP contribution in [-0.4, -0.2) is 35.1 Å². The number of nitrogens with one attached hydrogen (secondary N) is 1. The summed E-state index contributed by atoms with van der Waals surface area (Å²) >= 11 is 1.57. The van der Waals surface area contributed by atoms with Crippen molar-refractivity contribution in [3.63, 3.8) is 0 Å². The van der Waals surface area contributed by atoms with Crippen LogP contribution in [0, 0.1) is 0 Å². The molecule has 0 amide bonds. The molecule has 1 aliphatic rings. The Morgan fingerprint density at radius 1 is 1.47 bits per heavy atom. The fourth-order valence-corrected chi connectivity index (χ4v) is 4.39. The van der Waals surface area contributed by atoms with Crippen molar-refractivity contribution < 1.29 is 8.42 Å². The number of aromatic nitrogens is 3. The molecule has 0 saturated carbocycles. The van der Waals surface area contributed by atoms with Gasteiger partial charge in [0.2, 0.25) is 0 Å². The molecule has 1 N–H and O–H groups in total. The summed E-state index contributed by atoms with van der Waals surface area (Å²) in [6.45, 7) is 0. The third kappa shape index (κ3) is 2.12. The van der Waals surface area contributed by atoms with Crippen molar-refractivity contribution in [1.29, 1.82) is 0 Å². The number of nitrogens with zero attached hydrogens (tertiary/aromatic N) is 2. The molecule has 0 bridgehead atoms. The molecule has 1 unspecified atom stereocenters. The Kier molecular flexibility index (Phi) is 2.52. The van der Waals surface area contributed by atoms with E-state index in [1.807, 2.05) is 17.5 Å². The predicted octanol–water partition coefficient (Wildman–Crippen LogP) is 1.44. The van der Waals surface area contributed by atoms with E-state index in [0.717, 1.165) is 4.88 Å². The molecule has 5 nitrogen and oxygen atoms in total. The molecule has 2 aromatic rings. The Morgan fingerprint density at radius 3 is 3.00 bits per heavy atom. The number of H-pyrrole nitrogens is 1. The topological polar surface area (TPSA) is 75.7 Å². The van der Waals surface area contributed by atoms with Gasteiger partial charge in [-0.05, 0) is 17.9 Å². The van der Waals surface area contributed by atoms with E-state index >= 15 is 0 Å². The van der Waals surface area contributed by atoms with Gasteiger partial charge in [0.1, 0.15) is 5.82 Å². The molecule has 7 heteroatoms. The van der Waals surface area contributed by atoms with Crippen LogP contribution in [0.1, 0.15) is 18.2 Å². The van der Waals surface area contributed by atoms with Crippen LogP contribution < -0.4 is 0 Å². The highest BCUT2D eigenvalue weighted by molar-refractivity contribution is 7.91. The van der Waals surface area contributed by atoms with Crippen molar-refractivity contribution in [1.82, 2.24) is 15.2 Å². The first-order valence-corrected chi connectivity index (χ1v) is 8.01. The second kappa shape index (κ2) is 3.92. The average Bonchev–Trinajstić information content (AvgIpc) is 2.93. The number of hydrogen-bond donors (Lipinski definition) is 1. The summed E-state index contributed by atoms with van der Waals surface area (Å²) < 4.78 is 22.8. The van der Waals surface area contributed by atoms with Crippen LogP contribution in [0.5, 0.6) is 0 Å². The Morgan fingerprint density at radius 2 is 2.35 bits per heavy atom. The van der Waals surface area contributed by atoms with E-state index in [9.17, 15) is 8.42 Å². The van der Waals surface area contributed by atoms with E-state index in [0.29, 0.717) is 18.1 Å². The van der Waals surface area contributed by atoms with Gasteiger partial charge in [-0.2, -0.15) is 5.10 Å². The van der Waals surface area contributed by atoms with E-state index in [1.54, 1.807) is 11.3 Å². The van der Waals surface area contributed by atoms with Crippen molar-refractivity contribution in [3.8, 4) is 10.7 Å². The van der Waals surface area contributed by atoms with Crippen molar-refractivity contribution in [3.05, 3.63) is 23.3 Å². The van der Waals surface area contributed by atoms with Gasteiger partial charge in [0.15, 0.2) is 15.7 Å². The molecule has 3 heterocycles. The minimum atomic E-state index is -2.87. The predicted molar refractivity (Wildman–Crippen MR) is 65.7 cm³/mol. The lowest BCUT2D eigenvalue weighted by Gasteiger charge is -2.00. The molecular weight excluding hydrogens is 258 g/mol. The number of thiophene rings is 1. The second-order valence-corrected chi connectivity index (χ2v) is 7.30. The average molecular weight is 269 g/mol. The monoisotopic (exact) mass is 269 g/mol. The Balaban J connectivity index is 1.87. The molecule has 0 spiro atoms. The minimum Gasteiger partial charge on any atom is -0.262 e. The Bertz CT molecular complexity index is 616. The Hall–Kier alpha value is -1.21. The molecule has 90 valence electrons. The van der Waals surface area contributed by atoms with Crippen molar-refractivity contribution in [2.24, 2.45) is 0 Å². The Labute approximate surface area is 103 Å². The van der Waals surface area contributed by atoms with Crippen LogP contribution in [0.15, 0.2) is 17.5 Å². The molecule has 0 radical (unpaired) electrons. The first-order valence-electron chi connectivity index (χ1n) is 5.31. The lowest BCUT2D eigenvalue weighted by molar-refractivity contribution is 0.601. The van der Waals surface area contributed by atoms with E-state index in [-0.39, 0.29) is 17.4 Å². The third-order valence-corrected chi connectivity index (χ3v) is 5.50. The maximum Gasteiger partial charge on any atom is 0.191 e. The highest BCUT2D eigenvalue weighted by atomic mass is 32.2. The van der Waals surface area contributed by atoms with Crippen LogP contribution >= 0.6 is 11.3 Å². The number of hydrogen-bond acceptors (Lipinski definition) is 5. The molecule has 2 aromatic heterocycles. The third-order valence-electron chi connectivity index (χ3n) is 2.86. The second-order valence-electron chi connectivity index (χ2n) is 4.12. The minimum absolute atomic E-state index is 0.0267. The highest BCUT2D eigenvalue weighted by Gasteiger charge is 2.31. The van der Waals surface area contributed by atoms with E-state index in [4.69, 9.17) is 0 Å². The lowest BCUT2D eigenvalue weighted by Crippen LogP contribution is -2.05. The van der Waals surface area contributed by atoms with E-state index in [1.165, 1.54) is 0 Å². The van der Waals surface area contributed by atoms with Gasteiger partial charge in [-0.25, -0.2) is 13.4 Å². The summed E-state index contributed by atoms with van der Waals surface area (Å²) in [5, 5.41) is 8.95. The molecule has 0 aliphatic carbocycles. The van der Waals surface area contributed by atoms with Crippen LogP contribution in [0.3, 0.4) is 0 Å². The lowest BCUT2D eigenvalue weighted by atomic mass is 10.1. The van der Waals surface area contributed by atoms with E-state index in [2.05, 4.69) is 15.2 Å². The normalized spacial score (nSPS) is 22.9. The zero-order chi connectivity index (χ0) is 11.9. The first kappa shape index (κ1) is 10.9. The van der Waals surface area contributed by atoms with Gasteiger partial charge in [0, 0.05) is 5.92 Å². The van der Waals surface area contributed by atoms with Gasteiger partial charge in [-0.3, -0.25) is 5.10 Å². The van der Waals surface area contributed by atoms with Gasteiger partial charge < -0.3 is 0 Å².